The SMILES string of the molecule is CC(=O)Cc1coc(C2CCCN2)n1. The lowest BCUT2D eigenvalue weighted by atomic mass is 10.2. The number of ketones is 1. The van der Waals surface area contributed by atoms with E-state index in [0.717, 1.165) is 31.0 Å². The number of carbonyl (C=O) groups is 1. The molecule has 1 aromatic rings. The topological polar surface area (TPSA) is 55.1 Å². The molecule has 1 N–H and O–H groups in total. The van der Waals surface area contributed by atoms with Crippen molar-refractivity contribution in [3.63, 3.8) is 0 Å². The van der Waals surface area contributed by atoms with Crippen LogP contribution in [0, 0.1) is 0 Å². The van der Waals surface area contributed by atoms with Gasteiger partial charge in [0, 0.05) is 0 Å². The van der Waals surface area contributed by atoms with E-state index in [1.807, 2.05) is 0 Å². The maximum absolute atomic E-state index is 10.8. The number of nitrogens with zero attached hydrogens (tertiary/aromatic N) is 1. The fourth-order valence-electron chi connectivity index (χ4n) is 1.71. The van der Waals surface area contributed by atoms with E-state index in [4.69, 9.17) is 4.42 Å². The molecule has 14 heavy (non-hydrogen) atoms. The highest BCUT2D eigenvalue weighted by molar-refractivity contribution is 5.77. The average Bonchev–Trinajstić information content (AvgIpc) is 2.69. The summed E-state index contributed by atoms with van der Waals surface area (Å²) in [5, 5.41) is 3.30. The van der Waals surface area contributed by atoms with Gasteiger partial charge in [-0.05, 0) is 26.3 Å². The monoisotopic (exact) mass is 194 g/mol. The Balaban J connectivity index is 2.05. The number of nitrogens with one attached hydrogen (secondary N) is 1. The Hall–Kier alpha value is -1.16. The van der Waals surface area contributed by atoms with Crippen LogP contribution >= 0.6 is 0 Å². The second kappa shape index (κ2) is 3.92. The number of oxazole rings is 1. The smallest absolute Gasteiger partial charge is 0.211 e. The lowest BCUT2D eigenvalue weighted by molar-refractivity contribution is -0.116. The molecule has 0 radical (unpaired) electrons. The van der Waals surface area contributed by atoms with E-state index >= 15 is 0 Å². The van der Waals surface area contributed by atoms with E-state index in [1.54, 1.807) is 13.2 Å². The number of aromatic nitrogens is 1. The van der Waals surface area contributed by atoms with E-state index in [-0.39, 0.29) is 11.8 Å². The van der Waals surface area contributed by atoms with Crippen LogP contribution in [0.2, 0.25) is 0 Å². The fraction of sp³-hybridized carbons (Fsp3) is 0.600. The summed E-state index contributed by atoms with van der Waals surface area (Å²) in [4.78, 5) is 15.1. The van der Waals surface area contributed by atoms with Crippen LogP contribution in [-0.4, -0.2) is 17.3 Å². The third kappa shape index (κ3) is 2.01. The van der Waals surface area contributed by atoms with Crippen LogP contribution in [0.25, 0.3) is 0 Å². The maximum atomic E-state index is 10.8. The summed E-state index contributed by atoms with van der Waals surface area (Å²) in [5.41, 5.74) is 0.737. The molecule has 1 aromatic heterocycles. The largest absolute Gasteiger partial charge is 0.447 e. The molecule has 0 aromatic carbocycles. The van der Waals surface area contributed by atoms with Gasteiger partial charge in [0.1, 0.15) is 12.0 Å². The first-order valence-electron chi connectivity index (χ1n) is 4.93. The van der Waals surface area contributed by atoms with E-state index < -0.39 is 0 Å². The van der Waals surface area contributed by atoms with Crippen molar-refractivity contribution in [3.05, 3.63) is 17.8 Å². The van der Waals surface area contributed by atoms with Crippen LogP contribution in [0.1, 0.15) is 37.4 Å². The van der Waals surface area contributed by atoms with Crippen LogP contribution < -0.4 is 5.32 Å². The molecule has 0 saturated carbocycles. The van der Waals surface area contributed by atoms with E-state index in [0.29, 0.717) is 6.42 Å². The van der Waals surface area contributed by atoms with Gasteiger partial charge in [-0.3, -0.25) is 4.79 Å². The minimum atomic E-state index is 0.115. The molecule has 1 fully saturated rings. The summed E-state index contributed by atoms with van der Waals surface area (Å²) in [6.45, 7) is 2.58. The van der Waals surface area contributed by atoms with Gasteiger partial charge >= 0.3 is 0 Å². The van der Waals surface area contributed by atoms with Crippen molar-refractivity contribution in [1.82, 2.24) is 10.3 Å². The van der Waals surface area contributed by atoms with Gasteiger partial charge in [0.25, 0.3) is 0 Å². The molecule has 1 unspecified atom stereocenters. The molecule has 1 atom stereocenters. The lowest BCUT2D eigenvalue weighted by Crippen LogP contribution is -2.13. The molecule has 2 rings (SSSR count). The van der Waals surface area contributed by atoms with Crippen molar-refractivity contribution in [1.29, 1.82) is 0 Å². The van der Waals surface area contributed by atoms with Gasteiger partial charge in [-0.15, -0.1) is 0 Å². The Morgan fingerprint density at radius 1 is 1.79 bits per heavy atom. The van der Waals surface area contributed by atoms with Gasteiger partial charge in [0.2, 0.25) is 5.89 Å². The van der Waals surface area contributed by atoms with Gasteiger partial charge in [-0.2, -0.15) is 0 Å². The van der Waals surface area contributed by atoms with Gasteiger partial charge in [-0.1, -0.05) is 0 Å². The van der Waals surface area contributed by atoms with Crippen molar-refractivity contribution in [2.75, 3.05) is 6.54 Å². The predicted octanol–water partition coefficient (Wildman–Crippen LogP) is 1.23. The minimum Gasteiger partial charge on any atom is -0.447 e. The molecule has 1 aliphatic rings. The second-order valence-electron chi connectivity index (χ2n) is 3.70. The summed E-state index contributed by atoms with van der Waals surface area (Å²) >= 11 is 0. The van der Waals surface area contributed by atoms with E-state index in [9.17, 15) is 4.79 Å². The zero-order valence-corrected chi connectivity index (χ0v) is 8.25. The highest BCUT2D eigenvalue weighted by atomic mass is 16.3. The average molecular weight is 194 g/mol. The Kier molecular flexibility index (Phi) is 2.63. The molecule has 76 valence electrons. The van der Waals surface area contributed by atoms with E-state index in [2.05, 4.69) is 10.3 Å². The Morgan fingerprint density at radius 2 is 2.64 bits per heavy atom. The molecule has 0 spiro atoms. The predicted molar refractivity (Wildman–Crippen MR) is 50.9 cm³/mol. The lowest BCUT2D eigenvalue weighted by Gasteiger charge is -2.02. The Bertz CT molecular complexity index is 327. The summed E-state index contributed by atoms with van der Waals surface area (Å²) in [6, 6.07) is 0.246. The molecule has 4 nitrogen and oxygen atoms in total. The maximum Gasteiger partial charge on any atom is 0.211 e. The number of carbonyl (C=O) groups excluding carboxylic acids is 1. The van der Waals surface area contributed by atoms with Crippen molar-refractivity contribution >= 4 is 5.78 Å². The van der Waals surface area contributed by atoms with Crippen LogP contribution in [0.4, 0.5) is 0 Å². The Morgan fingerprint density at radius 3 is 3.29 bits per heavy atom. The normalized spacial score (nSPS) is 21.4. The summed E-state index contributed by atoms with van der Waals surface area (Å²) in [7, 11) is 0. The molecule has 4 heteroatoms. The first-order valence-corrected chi connectivity index (χ1v) is 4.93. The quantitative estimate of drug-likeness (QED) is 0.786. The highest BCUT2D eigenvalue weighted by Crippen LogP contribution is 2.22. The van der Waals surface area contributed by atoms with Crippen LogP contribution in [0.5, 0.6) is 0 Å². The van der Waals surface area contributed by atoms with Gasteiger partial charge in [-0.25, -0.2) is 4.98 Å². The molecule has 0 amide bonds. The molecule has 1 aliphatic heterocycles. The zero-order valence-electron chi connectivity index (χ0n) is 8.25. The first-order chi connectivity index (χ1) is 6.75. The fourth-order valence-corrected chi connectivity index (χ4v) is 1.71. The van der Waals surface area contributed by atoms with Crippen molar-refractivity contribution in [3.8, 4) is 0 Å². The Labute approximate surface area is 82.7 Å². The first kappa shape index (κ1) is 9.40. The standard InChI is InChI=1S/C10H14N2O2/c1-7(13)5-8-6-14-10(12-8)9-3-2-4-11-9/h6,9,11H,2-5H2,1H3. The minimum absolute atomic E-state index is 0.115. The van der Waals surface area contributed by atoms with Crippen molar-refractivity contribution < 1.29 is 9.21 Å². The zero-order chi connectivity index (χ0) is 9.97. The molecule has 1 saturated heterocycles. The van der Waals surface area contributed by atoms with Crippen molar-refractivity contribution in [2.45, 2.75) is 32.2 Å². The third-order valence-electron chi connectivity index (χ3n) is 2.36. The molecule has 0 bridgehead atoms. The number of hydrogen-bond acceptors (Lipinski definition) is 4. The number of Topliss-reactive ketones (excluding diaryl/α,β-unsaturated/α-hetero) is 1. The summed E-state index contributed by atoms with van der Waals surface area (Å²) in [6.07, 6.45) is 4.18. The second-order valence-corrected chi connectivity index (χ2v) is 3.70. The molecule has 0 aliphatic carbocycles. The van der Waals surface area contributed by atoms with E-state index in [1.165, 1.54) is 0 Å². The van der Waals surface area contributed by atoms with Crippen LogP contribution in [0.15, 0.2) is 10.7 Å². The van der Waals surface area contributed by atoms with Gasteiger partial charge in [0.05, 0.1) is 18.2 Å². The number of hydrogen-bond donors (Lipinski definition) is 1. The summed E-state index contributed by atoms with van der Waals surface area (Å²) in [5.74, 6) is 0.836. The van der Waals surface area contributed by atoms with Crippen LogP contribution in [0.3, 0.4) is 0 Å². The molecule has 2 heterocycles. The van der Waals surface area contributed by atoms with Crippen LogP contribution in [-0.2, 0) is 11.2 Å². The summed E-state index contributed by atoms with van der Waals surface area (Å²) < 4.78 is 5.32. The van der Waals surface area contributed by atoms with Gasteiger partial charge < -0.3 is 9.73 Å². The van der Waals surface area contributed by atoms with Crippen molar-refractivity contribution in [2.24, 2.45) is 0 Å². The molecular formula is C10H14N2O2. The number of rotatable bonds is 3. The highest BCUT2D eigenvalue weighted by Gasteiger charge is 2.21. The van der Waals surface area contributed by atoms with Gasteiger partial charge in [0.15, 0.2) is 0 Å². The third-order valence-corrected chi connectivity index (χ3v) is 2.36. The molecular weight excluding hydrogens is 180 g/mol.